The number of rotatable bonds is 12. The van der Waals surface area contributed by atoms with Gasteiger partial charge in [-0.2, -0.15) is 0 Å². The third kappa shape index (κ3) is 7.25. The Balaban J connectivity index is 1.22. The number of fused-ring (bicyclic) bond motifs is 2. The topological polar surface area (TPSA) is 18.5 Å². The van der Waals surface area contributed by atoms with Gasteiger partial charge in [-0.25, -0.2) is 0 Å². The molecule has 0 saturated heterocycles. The maximum absolute atomic E-state index is 7.84. The minimum Gasteiger partial charge on any atom is -0.451 e. The van der Waals surface area contributed by atoms with Crippen LogP contribution in [0.2, 0.25) is 0 Å². The zero-order valence-electron chi connectivity index (χ0n) is 33.0. The van der Waals surface area contributed by atoms with E-state index in [1.54, 1.807) is 0 Å². The van der Waals surface area contributed by atoms with Gasteiger partial charge < -0.3 is 9.47 Å². The van der Waals surface area contributed by atoms with Crippen LogP contribution in [0.15, 0.2) is 146 Å². The van der Waals surface area contributed by atoms with Gasteiger partial charge in [-0.1, -0.05) is 167 Å². The fourth-order valence-electron chi connectivity index (χ4n) is 9.60. The van der Waals surface area contributed by atoms with Crippen molar-refractivity contribution in [2.24, 2.45) is 11.8 Å². The first-order valence-corrected chi connectivity index (χ1v) is 23.8. The molecule has 0 amide bonds. The fraction of sp³-hybridized carbons (Fsp3) is 0.308. The van der Waals surface area contributed by atoms with Gasteiger partial charge in [0.2, 0.25) is 0 Å². The van der Waals surface area contributed by atoms with Crippen molar-refractivity contribution in [2.45, 2.75) is 90.3 Å². The second-order valence-corrected chi connectivity index (χ2v) is 20.5. The first kappa shape index (κ1) is 37.4. The van der Waals surface area contributed by atoms with Crippen LogP contribution >= 0.6 is 15.8 Å². The van der Waals surface area contributed by atoms with Gasteiger partial charge in [0.25, 0.3) is 5.79 Å². The van der Waals surface area contributed by atoms with Crippen LogP contribution in [0.3, 0.4) is 0 Å². The molecule has 0 aromatic heterocycles. The normalized spacial score (nSPS) is 19.6. The van der Waals surface area contributed by atoms with Crippen LogP contribution in [-0.4, -0.2) is 5.79 Å². The molecule has 1 aliphatic carbocycles. The van der Waals surface area contributed by atoms with Gasteiger partial charge >= 0.3 is 0 Å². The van der Waals surface area contributed by atoms with Gasteiger partial charge in [0.1, 0.15) is 11.5 Å². The van der Waals surface area contributed by atoms with E-state index in [0.717, 1.165) is 50.0 Å². The lowest BCUT2D eigenvalue weighted by atomic mass is 9.68. The first-order valence-electron chi connectivity index (χ1n) is 21.1. The SMILES string of the molecule is CCCCc1cc2c(c(P(c3ccccc3)c3ccccc3)c1)OC13Oc4c(cc(CCCC)cc4P(c4ccccc4)c4ccccc4)C[C@H]1CCC[C@@H]3C2. The minimum absolute atomic E-state index is 0.295. The van der Waals surface area contributed by atoms with E-state index in [4.69, 9.17) is 9.47 Å². The Labute approximate surface area is 337 Å². The van der Waals surface area contributed by atoms with E-state index < -0.39 is 21.6 Å². The summed E-state index contributed by atoms with van der Waals surface area (Å²) >= 11 is 0. The van der Waals surface area contributed by atoms with Crippen molar-refractivity contribution in [2.75, 3.05) is 0 Å². The van der Waals surface area contributed by atoms with Gasteiger partial charge in [-0.15, -0.1) is 0 Å². The standard InChI is InChI=1S/C52H54O2P2/c1-3-5-20-38-32-40-36-42-22-19-23-43-37-41-33-39(21-6-4-2)35-49(56(46-28-15-9-16-29-46)47-30-17-10-18-31-47)51(41)54-52(42,43)53-50(40)48(34-38)55(44-24-11-7-12-25-44)45-26-13-8-14-27-45/h7-18,24-35,42-43H,3-6,19-23,36-37H2,1-2H3/t42-,43-,52?/m1/s1. The number of ether oxygens (including phenoxy) is 2. The summed E-state index contributed by atoms with van der Waals surface area (Å²) in [6, 6.07) is 54.7. The molecular weight excluding hydrogens is 719 g/mol. The summed E-state index contributed by atoms with van der Waals surface area (Å²) in [6.07, 6.45) is 12.4. The molecule has 6 aromatic carbocycles. The maximum Gasteiger partial charge on any atom is 0.257 e. The first-order chi connectivity index (χ1) is 27.6. The van der Waals surface area contributed by atoms with E-state index in [1.807, 2.05) is 0 Å². The molecule has 1 saturated carbocycles. The van der Waals surface area contributed by atoms with Crippen LogP contribution in [0.25, 0.3) is 0 Å². The van der Waals surface area contributed by atoms with Crippen LogP contribution < -0.4 is 41.3 Å². The molecular formula is C52H54O2P2. The smallest absolute Gasteiger partial charge is 0.257 e. The summed E-state index contributed by atoms with van der Waals surface area (Å²) in [6.45, 7) is 4.60. The Bertz CT molecular complexity index is 2000. The predicted molar refractivity (Wildman–Crippen MR) is 240 cm³/mol. The van der Waals surface area contributed by atoms with Crippen molar-refractivity contribution >= 4 is 47.7 Å². The van der Waals surface area contributed by atoms with Gasteiger partial charge in [-0.05, 0) is 123 Å². The van der Waals surface area contributed by atoms with E-state index in [-0.39, 0.29) is 0 Å². The number of unbranched alkanes of at least 4 members (excludes halogenated alkanes) is 2. The third-order valence-electron chi connectivity index (χ3n) is 12.3. The lowest BCUT2D eigenvalue weighted by Gasteiger charge is -2.54. The summed E-state index contributed by atoms with van der Waals surface area (Å²) in [4.78, 5) is 0. The molecule has 0 radical (unpaired) electrons. The molecule has 3 aliphatic rings. The summed E-state index contributed by atoms with van der Waals surface area (Å²) in [7, 11) is -1.72. The van der Waals surface area contributed by atoms with Crippen molar-refractivity contribution in [1.82, 2.24) is 0 Å². The summed E-state index contributed by atoms with van der Waals surface area (Å²) < 4.78 is 15.7. The monoisotopic (exact) mass is 772 g/mol. The van der Waals surface area contributed by atoms with E-state index in [1.165, 1.54) is 86.2 Å². The molecule has 1 spiro atoms. The molecule has 1 fully saturated rings. The summed E-state index contributed by atoms with van der Waals surface area (Å²) in [5.41, 5.74) is 5.65. The van der Waals surface area contributed by atoms with Gasteiger partial charge in [0.15, 0.2) is 0 Å². The second kappa shape index (κ2) is 16.7. The van der Waals surface area contributed by atoms with Crippen LogP contribution in [0.5, 0.6) is 11.5 Å². The van der Waals surface area contributed by atoms with E-state index >= 15 is 0 Å². The number of hydrogen-bond donors (Lipinski definition) is 0. The molecule has 6 aromatic rings. The predicted octanol–water partition coefficient (Wildman–Crippen LogP) is 10.6. The molecule has 2 aliphatic heterocycles. The Morgan fingerprint density at radius 3 is 1.20 bits per heavy atom. The van der Waals surface area contributed by atoms with Crippen LogP contribution in [0, 0.1) is 11.8 Å². The van der Waals surface area contributed by atoms with E-state index in [0.29, 0.717) is 11.8 Å². The summed E-state index contributed by atoms with van der Waals surface area (Å²) in [5, 5.41) is 8.14. The van der Waals surface area contributed by atoms with Crippen molar-refractivity contribution in [3.63, 3.8) is 0 Å². The van der Waals surface area contributed by atoms with E-state index in [9.17, 15) is 0 Å². The zero-order chi connectivity index (χ0) is 37.9. The highest BCUT2D eigenvalue weighted by Crippen LogP contribution is 2.55. The van der Waals surface area contributed by atoms with E-state index in [2.05, 4.69) is 159 Å². The van der Waals surface area contributed by atoms with Crippen LogP contribution in [0.1, 0.15) is 81.0 Å². The molecule has 2 atom stereocenters. The lowest BCUT2D eigenvalue weighted by Crippen LogP contribution is -2.62. The summed E-state index contributed by atoms with van der Waals surface area (Å²) in [5.74, 6) is 2.06. The molecule has 4 heteroatoms. The Morgan fingerprint density at radius 2 is 0.857 bits per heavy atom. The van der Waals surface area contributed by atoms with Crippen molar-refractivity contribution in [3.8, 4) is 11.5 Å². The second-order valence-electron chi connectivity index (χ2n) is 16.1. The highest BCUT2D eigenvalue weighted by Gasteiger charge is 2.58. The molecule has 284 valence electrons. The van der Waals surface area contributed by atoms with Crippen molar-refractivity contribution < 1.29 is 9.47 Å². The van der Waals surface area contributed by atoms with Gasteiger partial charge in [0.05, 0.1) is 0 Å². The number of benzene rings is 6. The molecule has 2 heterocycles. The molecule has 2 nitrogen and oxygen atoms in total. The average molecular weight is 773 g/mol. The Kier molecular flexibility index (Phi) is 11.1. The molecule has 9 rings (SSSR count). The van der Waals surface area contributed by atoms with Gasteiger partial charge in [-0.3, -0.25) is 0 Å². The lowest BCUT2D eigenvalue weighted by molar-refractivity contribution is -0.225. The molecule has 0 bridgehead atoms. The highest BCUT2D eigenvalue weighted by atomic mass is 31.1. The van der Waals surface area contributed by atoms with Crippen LogP contribution in [0.4, 0.5) is 0 Å². The largest absolute Gasteiger partial charge is 0.451 e. The zero-order valence-corrected chi connectivity index (χ0v) is 34.8. The quantitative estimate of drug-likeness (QED) is 0.115. The molecule has 0 unspecified atom stereocenters. The average Bonchev–Trinajstić information content (AvgIpc) is 3.25. The number of hydrogen-bond acceptors (Lipinski definition) is 2. The third-order valence-corrected chi connectivity index (χ3v) is 17.2. The van der Waals surface area contributed by atoms with Crippen molar-refractivity contribution in [3.05, 3.63) is 168 Å². The number of aryl methyl sites for hydroxylation is 2. The van der Waals surface area contributed by atoms with Crippen LogP contribution in [-0.2, 0) is 25.7 Å². The fourth-order valence-corrected chi connectivity index (χ4v) is 14.6. The molecule has 0 N–H and O–H groups in total. The Morgan fingerprint density at radius 1 is 0.500 bits per heavy atom. The maximum atomic E-state index is 7.84. The molecule has 56 heavy (non-hydrogen) atoms. The highest BCUT2D eigenvalue weighted by molar-refractivity contribution is 7.80. The Hall–Kier alpha value is -4.22. The minimum atomic E-state index is -0.862. The van der Waals surface area contributed by atoms with Crippen molar-refractivity contribution in [1.29, 1.82) is 0 Å². The van der Waals surface area contributed by atoms with Gasteiger partial charge in [0, 0.05) is 22.4 Å².